The topological polar surface area (TPSA) is 52.9 Å². The SMILES string of the molecule is CC(=O)N1c2ccc(N=Cc3cc(Br)ccc3O)cc2C[C@H]1C. The molecule has 0 saturated heterocycles. The number of rotatable bonds is 2. The van der Waals surface area contributed by atoms with Crippen molar-refractivity contribution in [1.29, 1.82) is 0 Å². The molecule has 1 atom stereocenters. The first-order valence-corrected chi connectivity index (χ1v) is 8.20. The highest BCUT2D eigenvalue weighted by Gasteiger charge is 2.28. The van der Waals surface area contributed by atoms with E-state index in [0.717, 1.165) is 27.8 Å². The van der Waals surface area contributed by atoms with Crippen LogP contribution in [0, 0.1) is 0 Å². The Morgan fingerprint density at radius 1 is 1.35 bits per heavy atom. The summed E-state index contributed by atoms with van der Waals surface area (Å²) in [5.41, 5.74) is 3.55. The normalized spacial score (nSPS) is 16.8. The molecule has 0 radical (unpaired) electrons. The van der Waals surface area contributed by atoms with Crippen molar-refractivity contribution in [2.24, 2.45) is 4.99 Å². The van der Waals surface area contributed by atoms with Crippen LogP contribution in [-0.4, -0.2) is 23.3 Å². The molecule has 0 fully saturated rings. The summed E-state index contributed by atoms with van der Waals surface area (Å²) in [4.78, 5) is 18.0. The predicted octanol–water partition coefficient (Wildman–Crippen LogP) is 4.20. The summed E-state index contributed by atoms with van der Waals surface area (Å²) in [6, 6.07) is 11.2. The molecule has 1 aliphatic heterocycles. The van der Waals surface area contributed by atoms with Gasteiger partial charge in [-0.1, -0.05) is 15.9 Å². The second-order valence-electron chi connectivity index (χ2n) is 5.72. The van der Waals surface area contributed by atoms with Gasteiger partial charge in [-0.2, -0.15) is 0 Å². The molecule has 0 saturated carbocycles. The summed E-state index contributed by atoms with van der Waals surface area (Å²) >= 11 is 3.38. The van der Waals surface area contributed by atoms with Crippen molar-refractivity contribution in [1.82, 2.24) is 0 Å². The molecular formula is C18H17BrN2O2. The zero-order valence-electron chi connectivity index (χ0n) is 13.0. The maximum absolute atomic E-state index is 11.7. The molecular weight excluding hydrogens is 356 g/mol. The Morgan fingerprint density at radius 3 is 2.87 bits per heavy atom. The molecule has 2 aromatic carbocycles. The first-order valence-electron chi connectivity index (χ1n) is 7.41. The fourth-order valence-electron chi connectivity index (χ4n) is 2.95. The van der Waals surface area contributed by atoms with Gasteiger partial charge in [-0.3, -0.25) is 9.79 Å². The molecule has 1 aliphatic rings. The Kier molecular flexibility index (Phi) is 4.22. The third-order valence-corrected chi connectivity index (χ3v) is 4.45. The molecule has 5 heteroatoms. The molecule has 118 valence electrons. The molecule has 0 unspecified atom stereocenters. The minimum atomic E-state index is 0.0616. The Bertz CT molecular complexity index is 802. The predicted molar refractivity (Wildman–Crippen MR) is 95.8 cm³/mol. The average Bonchev–Trinajstić information content (AvgIpc) is 2.83. The summed E-state index contributed by atoms with van der Waals surface area (Å²) in [5.74, 6) is 0.251. The number of hydrogen-bond donors (Lipinski definition) is 1. The molecule has 3 rings (SSSR count). The van der Waals surface area contributed by atoms with E-state index in [2.05, 4.69) is 20.9 Å². The van der Waals surface area contributed by atoms with Gasteiger partial charge in [0.25, 0.3) is 0 Å². The van der Waals surface area contributed by atoms with Crippen molar-refractivity contribution in [2.75, 3.05) is 4.90 Å². The number of fused-ring (bicyclic) bond motifs is 1. The fourth-order valence-corrected chi connectivity index (χ4v) is 3.33. The number of carbonyl (C=O) groups is 1. The van der Waals surface area contributed by atoms with Crippen LogP contribution in [0.25, 0.3) is 0 Å². The zero-order valence-corrected chi connectivity index (χ0v) is 14.5. The molecule has 0 aliphatic carbocycles. The van der Waals surface area contributed by atoms with E-state index in [9.17, 15) is 9.90 Å². The van der Waals surface area contributed by atoms with E-state index in [1.54, 1.807) is 25.3 Å². The van der Waals surface area contributed by atoms with Crippen LogP contribution in [0.4, 0.5) is 11.4 Å². The van der Waals surface area contributed by atoms with Crippen LogP contribution in [0.2, 0.25) is 0 Å². The number of phenolic OH excluding ortho intramolecular Hbond substituents is 1. The van der Waals surface area contributed by atoms with Crippen molar-refractivity contribution in [3.8, 4) is 5.75 Å². The van der Waals surface area contributed by atoms with E-state index in [0.29, 0.717) is 5.56 Å². The van der Waals surface area contributed by atoms with Crippen molar-refractivity contribution >= 4 is 39.4 Å². The Balaban J connectivity index is 1.89. The second-order valence-corrected chi connectivity index (χ2v) is 6.63. The van der Waals surface area contributed by atoms with Crippen molar-refractivity contribution < 1.29 is 9.90 Å². The summed E-state index contributed by atoms with van der Waals surface area (Å²) < 4.78 is 0.886. The van der Waals surface area contributed by atoms with Crippen LogP contribution < -0.4 is 4.90 Å². The molecule has 0 spiro atoms. The lowest BCUT2D eigenvalue weighted by atomic mass is 10.1. The molecule has 1 heterocycles. The maximum Gasteiger partial charge on any atom is 0.224 e. The monoisotopic (exact) mass is 372 g/mol. The number of carbonyl (C=O) groups excluding carboxylic acids is 1. The number of amides is 1. The van der Waals surface area contributed by atoms with E-state index < -0.39 is 0 Å². The minimum absolute atomic E-state index is 0.0616. The first kappa shape index (κ1) is 15.7. The molecule has 1 amide bonds. The highest BCUT2D eigenvalue weighted by molar-refractivity contribution is 9.10. The minimum Gasteiger partial charge on any atom is -0.507 e. The first-order chi connectivity index (χ1) is 11.0. The van der Waals surface area contributed by atoms with Gasteiger partial charge in [0.2, 0.25) is 5.91 Å². The number of aliphatic imine (C=N–C) groups is 1. The number of nitrogens with zero attached hydrogens (tertiary/aromatic N) is 2. The van der Waals surface area contributed by atoms with E-state index >= 15 is 0 Å². The number of aromatic hydroxyl groups is 1. The summed E-state index contributed by atoms with van der Waals surface area (Å²) in [6.07, 6.45) is 2.48. The molecule has 23 heavy (non-hydrogen) atoms. The van der Waals surface area contributed by atoms with Crippen LogP contribution in [0.15, 0.2) is 45.9 Å². The Morgan fingerprint density at radius 2 is 2.13 bits per heavy atom. The third kappa shape index (κ3) is 3.15. The highest BCUT2D eigenvalue weighted by atomic mass is 79.9. The van der Waals surface area contributed by atoms with E-state index in [1.807, 2.05) is 36.1 Å². The van der Waals surface area contributed by atoms with Crippen molar-refractivity contribution in [3.63, 3.8) is 0 Å². The van der Waals surface area contributed by atoms with Crippen LogP contribution in [0.3, 0.4) is 0 Å². The van der Waals surface area contributed by atoms with Gasteiger partial charge in [0, 0.05) is 34.9 Å². The largest absolute Gasteiger partial charge is 0.507 e. The average molecular weight is 373 g/mol. The summed E-state index contributed by atoms with van der Waals surface area (Å²) in [7, 11) is 0. The number of phenols is 1. The quantitative estimate of drug-likeness (QED) is 0.802. The third-order valence-electron chi connectivity index (χ3n) is 3.96. The van der Waals surface area contributed by atoms with Crippen LogP contribution in [0.5, 0.6) is 5.75 Å². The van der Waals surface area contributed by atoms with Crippen molar-refractivity contribution in [3.05, 3.63) is 52.0 Å². The van der Waals surface area contributed by atoms with Gasteiger partial charge in [0.1, 0.15) is 5.75 Å². The van der Waals surface area contributed by atoms with E-state index in [-0.39, 0.29) is 17.7 Å². The maximum atomic E-state index is 11.7. The summed E-state index contributed by atoms with van der Waals surface area (Å²) in [5, 5.41) is 9.84. The lowest BCUT2D eigenvalue weighted by Crippen LogP contribution is -2.33. The van der Waals surface area contributed by atoms with Gasteiger partial charge in [0.15, 0.2) is 0 Å². The molecule has 4 nitrogen and oxygen atoms in total. The van der Waals surface area contributed by atoms with Gasteiger partial charge in [-0.15, -0.1) is 0 Å². The van der Waals surface area contributed by atoms with E-state index in [1.165, 1.54) is 0 Å². The number of benzene rings is 2. The number of hydrogen-bond acceptors (Lipinski definition) is 3. The number of anilines is 1. The van der Waals surface area contributed by atoms with Crippen LogP contribution >= 0.6 is 15.9 Å². The molecule has 0 aromatic heterocycles. The van der Waals surface area contributed by atoms with Crippen LogP contribution in [0.1, 0.15) is 25.0 Å². The zero-order chi connectivity index (χ0) is 16.6. The summed E-state index contributed by atoms with van der Waals surface area (Å²) in [6.45, 7) is 3.64. The van der Waals surface area contributed by atoms with Crippen molar-refractivity contribution in [2.45, 2.75) is 26.3 Å². The molecule has 1 N–H and O–H groups in total. The lowest BCUT2D eigenvalue weighted by molar-refractivity contribution is -0.116. The molecule has 0 bridgehead atoms. The Hall–Kier alpha value is -2.14. The molecule has 2 aromatic rings. The highest BCUT2D eigenvalue weighted by Crippen LogP contribution is 2.35. The van der Waals surface area contributed by atoms with Crippen LogP contribution in [-0.2, 0) is 11.2 Å². The fraction of sp³-hybridized carbons (Fsp3) is 0.222. The van der Waals surface area contributed by atoms with Gasteiger partial charge in [-0.05, 0) is 55.3 Å². The van der Waals surface area contributed by atoms with Gasteiger partial charge in [0.05, 0.1) is 5.69 Å². The Labute approximate surface area is 143 Å². The van der Waals surface area contributed by atoms with Gasteiger partial charge < -0.3 is 10.0 Å². The van der Waals surface area contributed by atoms with E-state index in [4.69, 9.17) is 0 Å². The standard InChI is InChI=1S/C18H17BrN2O2/c1-11-7-13-9-16(4-5-17(13)21(11)12(2)22)20-10-14-8-15(19)3-6-18(14)23/h3-6,8-11,23H,7H2,1-2H3/t11-/m1/s1. The number of halogens is 1. The van der Waals surface area contributed by atoms with Gasteiger partial charge >= 0.3 is 0 Å². The smallest absolute Gasteiger partial charge is 0.224 e. The van der Waals surface area contributed by atoms with Gasteiger partial charge in [-0.25, -0.2) is 0 Å². The lowest BCUT2D eigenvalue weighted by Gasteiger charge is -2.20. The second kappa shape index (κ2) is 6.16.